The first-order valence-electron chi connectivity index (χ1n) is 12.9. The Labute approximate surface area is 220 Å². The minimum absolute atomic E-state index is 0.0336. The quantitative estimate of drug-likeness (QED) is 0.306. The molecule has 0 aliphatic carbocycles. The van der Waals surface area contributed by atoms with Crippen molar-refractivity contribution in [2.75, 3.05) is 13.2 Å². The SMILES string of the molecule is CCO[C@@H]1OC(C(=O)NCc2nc3ccccc3[nH]2)=C[C@H](c2cn(C(C)=O)c3ccccc23)[C@@H]1CCCO. The number of hydrogen-bond donors (Lipinski definition) is 3. The van der Waals surface area contributed by atoms with Crippen LogP contribution in [-0.2, 0) is 20.8 Å². The fourth-order valence-electron chi connectivity index (χ4n) is 5.19. The molecule has 9 heteroatoms. The molecule has 0 fully saturated rings. The molecular formula is C29H32N4O5. The summed E-state index contributed by atoms with van der Waals surface area (Å²) in [6.07, 6.45) is 4.15. The van der Waals surface area contributed by atoms with Crippen molar-refractivity contribution in [3.05, 3.63) is 78.0 Å². The fourth-order valence-corrected chi connectivity index (χ4v) is 5.19. The van der Waals surface area contributed by atoms with Gasteiger partial charge in [-0.3, -0.25) is 14.2 Å². The van der Waals surface area contributed by atoms with E-state index in [2.05, 4.69) is 15.3 Å². The molecule has 1 amide bonds. The minimum atomic E-state index is -0.687. The van der Waals surface area contributed by atoms with Crippen molar-refractivity contribution < 1.29 is 24.2 Å². The molecule has 3 N–H and O–H groups in total. The van der Waals surface area contributed by atoms with E-state index in [-0.39, 0.29) is 42.6 Å². The van der Waals surface area contributed by atoms with Crippen LogP contribution in [-0.4, -0.2) is 51.0 Å². The molecule has 0 saturated carbocycles. The number of amides is 1. The second-order valence-corrected chi connectivity index (χ2v) is 9.40. The van der Waals surface area contributed by atoms with Gasteiger partial charge in [-0.05, 0) is 49.6 Å². The monoisotopic (exact) mass is 516 g/mol. The van der Waals surface area contributed by atoms with Crippen LogP contribution in [0.3, 0.4) is 0 Å². The third-order valence-electron chi connectivity index (χ3n) is 6.93. The standard InChI is InChI=1S/C29H32N4O5/c1-3-37-29-20(10-8-14-34)21(22-17-33(18(2)35)25-13-7-4-9-19(22)25)15-26(38-29)28(36)30-16-27-31-23-11-5-6-12-24(23)32-27/h4-7,9,11-13,15,17,20-21,29,34H,3,8,10,14,16H2,1-2H3,(H,30,36)(H,31,32)/t20-,21-,29+/m0/s1. The van der Waals surface area contributed by atoms with E-state index in [0.717, 1.165) is 27.5 Å². The van der Waals surface area contributed by atoms with E-state index < -0.39 is 6.29 Å². The zero-order valence-corrected chi connectivity index (χ0v) is 21.5. The number of nitrogens with one attached hydrogen (secondary N) is 2. The molecule has 2 aromatic carbocycles. The van der Waals surface area contributed by atoms with Crippen molar-refractivity contribution >= 4 is 33.8 Å². The van der Waals surface area contributed by atoms with E-state index in [9.17, 15) is 14.7 Å². The van der Waals surface area contributed by atoms with E-state index in [0.29, 0.717) is 25.3 Å². The van der Waals surface area contributed by atoms with Gasteiger partial charge in [-0.1, -0.05) is 30.3 Å². The number of hydrogen-bond acceptors (Lipinski definition) is 6. The summed E-state index contributed by atoms with van der Waals surface area (Å²) < 4.78 is 13.7. The van der Waals surface area contributed by atoms with E-state index in [4.69, 9.17) is 9.47 Å². The van der Waals surface area contributed by atoms with Crippen molar-refractivity contribution in [2.45, 2.75) is 45.4 Å². The molecule has 3 atom stereocenters. The molecule has 3 heterocycles. The van der Waals surface area contributed by atoms with E-state index in [1.807, 2.05) is 67.7 Å². The van der Waals surface area contributed by atoms with Gasteiger partial charge in [-0.25, -0.2) is 4.98 Å². The number of fused-ring (bicyclic) bond motifs is 2. The molecule has 5 rings (SSSR count). The summed E-state index contributed by atoms with van der Waals surface area (Å²) in [7, 11) is 0. The zero-order valence-electron chi connectivity index (χ0n) is 21.5. The molecule has 4 aromatic rings. The number of benzene rings is 2. The van der Waals surface area contributed by atoms with Gasteiger partial charge in [0, 0.05) is 43.6 Å². The van der Waals surface area contributed by atoms with Crippen LogP contribution >= 0.6 is 0 Å². The lowest BCUT2D eigenvalue weighted by Gasteiger charge is -2.36. The lowest BCUT2D eigenvalue weighted by molar-refractivity contribution is -0.166. The van der Waals surface area contributed by atoms with Gasteiger partial charge in [0.15, 0.2) is 5.76 Å². The van der Waals surface area contributed by atoms with Crippen LogP contribution in [0, 0.1) is 5.92 Å². The number of allylic oxidation sites excluding steroid dienone is 1. The number of carbonyl (C=O) groups is 2. The highest BCUT2D eigenvalue weighted by atomic mass is 16.7. The number of imidazole rings is 1. The average Bonchev–Trinajstić information content (AvgIpc) is 3.52. The zero-order chi connectivity index (χ0) is 26.6. The Morgan fingerprint density at radius 1 is 1.18 bits per heavy atom. The number of aromatic nitrogens is 3. The Bertz CT molecular complexity index is 1450. The number of rotatable bonds is 9. The summed E-state index contributed by atoms with van der Waals surface area (Å²) in [5, 5.41) is 13.4. The van der Waals surface area contributed by atoms with Crippen LogP contribution < -0.4 is 5.32 Å². The van der Waals surface area contributed by atoms with Crippen molar-refractivity contribution in [1.29, 1.82) is 0 Å². The lowest BCUT2D eigenvalue weighted by atomic mass is 9.80. The predicted octanol–water partition coefficient (Wildman–Crippen LogP) is 4.24. The number of H-pyrrole nitrogens is 1. The Morgan fingerprint density at radius 3 is 2.74 bits per heavy atom. The average molecular weight is 517 g/mol. The maximum atomic E-state index is 13.3. The topological polar surface area (TPSA) is 118 Å². The molecule has 1 aliphatic heterocycles. The normalized spacial score (nSPS) is 19.3. The van der Waals surface area contributed by atoms with Gasteiger partial charge in [0.25, 0.3) is 5.91 Å². The molecule has 198 valence electrons. The number of para-hydroxylation sites is 3. The smallest absolute Gasteiger partial charge is 0.286 e. The fraction of sp³-hybridized carbons (Fsp3) is 0.345. The Morgan fingerprint density at radius 2 is 1.97 bits per heavy atom. The summed E-state index contributed by atoms with van der Waals surface area (Å²) in [5.41, 5.74) is 3.44. The second-order valence-electron chi connectivity index (χ2n) is 9.40. The summed E-state index contributed by atoms with van der Waals surface area (Å²) in [4.78, 5) is 33.5. The number of aliphatic hydroxyl groups is 1. The number of aromatic amines is 1. The molecule has 0 bridgehead atoms. The van der Waals surface area contributed by atoms with Crippen LogP contribution in [0.25, 0.3) is 21.9 Å². The maximum Gasteiger partial charge on any atom is 0.286 e. The van der Waals surface area contributed by atoms with E-state index in [1.165, 1.54) is 6.92 Å². The predicted molar refractivity (Wildman–Crippen MR) is 143 cm³/mol. The summed E-state index contributed by atoms with van der Waals surface area (Å²) >= 11 is 0. The Balaban J connectivity index is 1.49. The highest BCUT2D eigenvalue weighted by Gasteiger charge is 2.39. The van der Waals surface area contributed by atoms with Gasteiger partial charge in [0.2, 0.25) is 12.2 Å². The first-order chi connectivity index (χ1) is 18.5. The summed E-state index contributed by atoms with van der Waals surface area (Å²) in [6.45, 7) is 4.04. The molecular weight excluding hydrogens is 484 g/mol. The van der Waals surface area contributed by atoms with Crippen LogP contribution in [0.4, 0.5) is 0 Å². The van der Waals surface area contributed by atoms with Crippen molar-refractivity contribution in [1.82, 2.24) is 19.9 Å². The largest absolute Gasteiger partial charge is 0.459 e. The molecule has 38 heavy (non-hydrogen) atoms. The molecule has 0 radical (unpaired) electrons. The van der Waals surface area contributed by atoms with Gasteiger partial charge < -0.3 is 24.9 Å². The highest BCUT2D eigenvalue weighted by molar-refractivity contribution is 5.95. The van der Waals surface area contributed by atoms with Crippen LogP contribution in [0.1, 0.15) is 48.8 Å². The Hall–Kier alpha value is -3.95. The highest BCUT2D eigenvalue weighted by Crippen LogP contribution is 2.42. The van der Waals surface area contributed by atoms with Gasteiger partial charge in [-0.2, -0.15) is 0 Å². The molecule has 0 saturated heterocycles. The minimum Gasteiger partial charge on any atom is -0.459 e. The first kappa shape index (κ1) is 25.7. The number of aliphatic hydroxyl groups excluding tert-OH is 1. The number of ether oxygens (including phenoxy) is 2. The third kappa shape index (κ3) is 5.07. The van der Waals surface area contributed by atoms with Gasteiger partial charge in [0.1, 0.15) is 5.82 Å². The van der Waals surface area contributed by atoms with Crippen LogP contribution in [0.2, 0.25) is 0 Å². The van der Waals surface area contributed by atoms with Crippen molar-refractivity contribution in [2.24, 2.45) is 5.92 Å². The van der Waals surface area contributed by atoms with E-state index >= 15 is 0 Å². The van der Waals surface area contributed by atoms with E-state index in [1.54, 1.807) is 4.57 Å². The van der Waals surface area contributed by atoms with Crippen LogP contribution in [0.15, 0.2) is 66.6 Å². The van der Waals surface area contributed by atoms with Crippen LogP contribution in [0.5, 0.6) is 0 Å². The number of carbonyl (C=O) groups excluding carboxylic acids is 2. The third-order valence-corrected chi connectivity index (χ3v) is 6.93. The maximum absolute atomic E-state index is 13.3. The lowest BCUT2D eigenvalue weighted by Crippen LogP contribution is -2.39. The van der Waals surface area contributed by atoms with Gasteiger partial charge in [0.05, 0.1) is 23.1 Å². The molecule has 0 spiro atoms. The Kier molecular flexibility index (Phi) is 7.57. The molecule has 9 nitrogen and oxygen atoms in total. The summed E-state index contributed by atoms with van der Waals surface area (Å²) in [5.74, 6) is -0.121. The second kappa shape index (κ2) is 11.2. The van der Waals surface area contributed by atoms with Crippen molar-refractivity contribution in [3.8, 4) is 0 Å². The molecule has 2 aromatic heterocycles. The first-order valence-corrected chi connectivity index (χ1v) is 12.9. The van der Waals surface area contributed by atoms with Gasteiger partial charge >= 0.3 is 0 Å². The molecule has 0 unspecified atom stereocenters. The number of nitrogens with zero attached hydrogens (tertiary/aromatic N) is 2. The van der Waals surface area contributed by atoms with Gasteiger partial charge in [-0.15, -0.1) is 0 Å². The molecule has 1 aliphatic rings. The van der Waals surface area contributed by atoms with Crippen molar-refractivity contribution in [3.63, 3.8) is 0 Å². The summed E-state index contributed by atoms with van der Waals surface area (Å²) in [6, 6.07) is 15.4.